The second-order valence-electron chi connectivity index (χ2n) is 3.34. The molecule has 1 rings (SSSR count). The second-order valence-corrected chi connectivity index (χ2v) is 6.12. The number of halogens is 1. The van der Waals surface area contributed by atoms with Gasteiger partial charge in [-0.25, -0.2) is 4.21 Å². The van der Waals surface area contributed by atoms with E-state index in [1.165, 1.54) is 0 Å². The molecule has 0 aromatic heterocycles. The summed E-state index contributed by atoms with van der Waals surface area (Å²) in [5.41, 5.74) is 0. The van der Waals surface area contributed by atoms with Crippen LogP contribution in [0, 0.1) is 11.5 Å². The van der Waals surface area contributed by atoms with Crippen molar-refractivity contribution in [2.24, 2.45) is 4.36 Å². The van der Waals surface area contributed by atoms with E-state index in [0.29, 0.717) is 15.7 Å². The van der Waals surface area contributed by atoms with E-state index in [4.69, 9.17) is 16.9 Å². The quantitative estimate of drug-likeness (QED) is 0.775. The first-order valence-corrected chi connectivity index (χ1v) is 7.07. The molecule has 1 aromatic rings. The maximum Gasteiger partial charge on any atom is 0.214 e. The summed E-state index contributed by atoms with van der Waals surface area (Å²) < 4.78 is 16.0. The highest BCUT2D eigenvalue weighted by molar-refractivity contribution is 7.93. The lowest BCUT2D eigenvalue weighted by Crippen LogP contribution is -2.06. The molecule has 0 aliphatic carbocycles. The largest absolute Gasteiger partial charge is 0.244 e. The van der Waals surface area contributed by atoms with Crippen molar-refractivity contribution in [1.29, 1.82) is 5.26 Å². The lowest BCUT2D eigenvalue weighted by atomic mass is 10.4. The monoisotopic (exact) mass is 256 g/mol. The number of rotatable bonds is 4. The van der Waals surface area contributed by atoms with Crippen LogP contribution in [0.4, 0.5) is 0 Å². The van der Waals surface area contributed by atoms with Gasteiger partial charge < -0.3 is 0 Å². The molecule has 86 valence electrons. The van der Waals surface area contributed by atoms with Crippen LogP contribution in [-0.4, -0.2) is 9.96 Å². The topological polar surface area (TPSA) is 53.2 Å². The van der Waals surface area contributed by atoms with Crippen LogP contribution in [0.5, 0.6) is 0 Å². The zero-order valence-electron chi connectivity index (χ0n) is 9.02. The minimum atomic E-state index is -2.59. The number of nitriles is 1. The molecule has 0 aliphatic rings. The van der Waals surface area contributed by atoms with E-state index in [2.05, 4.69) is 4.36 Å². The fourth-order valence-corrected chi connectivity index (χ4v) is 3.20. The number of nitrogens with zero attached hydrogens (tertiary/aromatic N) is 2. The van der Waals surface area contributed by atoms with E-state index in [1.807, 2.05) is 6.92 Å². The smallest absolute Gasteiger partial charge is 0.214 e. The average molecular weight is 257 g/mol. The van der Waals surface area contributed by atoms with Gasteiger partial charge in [-0.2, -0.15) is 5.26 Å². The Bertz CT molecular complexity index is 496. The molecule has 1 unspecified atom stereocenters. The molecule has 0 spiro atoms. The van der Waals surface area contributed by atoms with Crippen LogP contribution >= 0.6 is 11.6 Å². The first-order chi connectivity index (χ1) is 7.62. The molecule has 0 saturated carbocycles. The first kappa shape index (κ1) is 13.0. The molecule has 5 heteroatoms. The van der Waals surface area contributed by atoms with E-state index in [-0.39, 0.29) is 0 Å². The number of benzene rings is 1. The summed E-state index contributed by atoms with van der Waals surface area (Å²) in [6, 6.07) is 6.66. The van der Waals surface area contributed by atoms with Gasteiger partial charge >= 0.3 is 0 Å². The van der Waals surface area contributed by atoms with E-state index in [0.717, 1.165) is 12.8 Å². The van der Waals surface area contributed by atoms with Crippen molar-refractivity contribution in [3.63, 3.8) is 0 Å². The molecule has 0 fully saturated rings. The average Bonchev–Trinajstić information content (AvgIpc) is 2.27. The Kier molecular flexibility index (Phi) is 4.78. The van der Waals surface area contributed by atoms with Gasteiger partial charge in [0, 0.05) is 15.7 Å². The van der Waals surface area contributed by atoms with E-state index in [1.54, 1.807) is 30.5 Å². The number of hydrogen-bond acceptors (Lipinski definition) is 3. The van der Waals surface area contributed by atoms with Gasteiger partial charge in [0.1, 0.15) is 0 Å². The molecular weight excluding hydrogens is 244 g/mol. The van der Waals surface area contributed by atoms with E-state index < -0.39 is 9.73 Å². The molecule has 0 aliphatic heterocycles. The van der Waals surface area contributed by atoms with Gasteiger partial charge in [0.25, 0.3) is 0 Å². The van der Waals surface area contributed by atoms with E-state index >= 15 is 0 Å². The normalized spacial score (nSPS) is 13.8. The van der Waals surface area contributed by atoms with Gasteiger partial charge in [-0.1, -0.05) is 24.9 Å². The van der Waals surface area contributed by atoms with Crippen LogP contribution < -0.4 is 0 Å². The van der Waals surface area contributed by atoms with Crippen molar-refractivity contribution in [3.05, 3.63) is 29.3 Å². The molecule has 1 aromatic carbocycles. The third-order valence-electron chi connectivity index (χ3n) is 2.14. The van der Waals surface area contributed by atoms with Crippen LogP contribution in [0.3, 0.4) is 0 Å². The van der Waals surface area contributed by atoms with Crippen LogP contribution in [0.1, 0.15) is 19.8 Å². The first-order valence-electron chi connectivity index (χ1n) is 5.01. The molecule has 3 nitrogen and oxygen atoms in total. The lowest BCUT2D eigenvalue weighted by Gasteiger charge is -2.07. The fourth-order valence-electron chi connectivity index (χ4n) is 1.27. The maximum absolute atomic E-state index is 12.4. The SMILES string of the molecule is CCCCS(=O)(=NC#N)c1ccc(Cl)cc1. The summed E-state index contributed by atoms with van der Waals surface area (Å²) in [4.78, 5) is 0.576. The summed E-state index contributed by atoms with van der Waals surface area (Å²) in [5, 5.41) is 9.18. The Labute approximate surface area is 101 Å². The Hall–Kier alpha value is -1.05. The van der Waals surface area contributed by atoms with E-state index in [9.17, 15) is 4.21 Å². The molecule has 0 N–H and O–H groups in total. The Morgan fingerprint density at radius 3 is 2.56 bits per heavy atom. The molecular formula is C11H13ClN2OS. The molecule has 0 radical (unpaired) electrons. The molecule has 0 saturated heterocycles. The summed E-state index contributed by atoms with van der Waals surface area (Å²) >= 11 is 5.75. The van der Waals surface area contributed by atoms with Crippen molar-refractivity contribution < 1.29 is 4.21 Å². The van der Waals surface area contributed by atoms with Crippen molar-refractivity contribution in [2.45, 2.75) is 24.7 Å². The van der Waals surface area contributed by atoms with Gasteiger partial charge in [-0.05, 0) is 30.7 Å². The van der Waals surface area contributed by atoms with Crippen molar-refractivity contribution in [3.8, 4) is 6.19 Å². The number of unbranched alkanes of at least 4 members (excludes halogenated alkanes) is 1. The predicted molar refractivity (Wildman–Crippen MR) is 65.7 cm³/mol. The second kappa shape index (κ2) is 5.88. The molecule has 16 heavy (non-hydrogen) atoms. The zero-order chi connectivity index (χ0) is 12.0. The molecule has 0 bridgehead atoms. The molecule has 0 heterocycles. The fraction of sp³-hybridized carbons (Fsp3) is 0.364. The highest BCUT2D eigenvalue weighted by atomic mass is 35.5. The summed E-state index contributed by atoms with van der Waals surface area (Å²) in [7, 11) is -2.59. The van der Waals surface area contributed by atoms with Crippen molar-refractivity contribution in [1.82, 2.24) is 0 Å². The van der Waals surface area contributed by atoms with Crippen LogP contribution in [0.25, 0.3) is 0 Å². The Balaban J connectivity index is 3.14. The summed E-state index contributed by atoms with van der Waals surface area (Å²) in [6.07, 6.45) is 3.35. The lowest BCUT2D eigenvalue weighted by molar-refractivity contribution is 0.673. The maximum atomic E-state index is 12.4. The minimum absolute atomic E-state index is 0.415. The molecule has 1 atom stereocenters. The van der Waals surface area contributed by atoms with Crippen molar-refractivity contribution in [2.75, 3.05) is 5.75 Å². The standard InChI is InChI=1S/C11H13ClN2OS/c1-2-3-8-16(15,14-9-13)11-6-4-10(12)5-7-11/h4-7H,2-3,8H2,1H3. The minimum Gasteiger partial charge on any atom is -0.244 e. The van der Waals surface area contributed by atoms with Gasteiger partial charge in [-0.3, -0.25) is 0 Å². The third-order valence-corrected chi connectivity index (χ3v) is 4.62. The number of hydrogen-bond donors (Lipinski definition) is 0. The van der Waals surface area contributed by atoms with Crippen LogP contribution in [0.15, 0.2) is 33.5 Å². The van der Waals surface area contributed by atoms with Crippen LogP contribution in [-0.2, 0) is 9.73 Å². The van der Waals surface area contributed by atoms with Crippen molar-refractivity contribution >= 4 is 21.3 Å². The molecule has 0 amide bonds. The van der Waals surface area contributed by atoms with Gasteiger partial charge in [-0.15, -0.1) is 4.36 Å². The van der Waals surface area contributed by atoms with Gasteiger partial charge in [0.05, 0.1) is 9.73 Å². The Morgan fingerprint density at radius 2 is 2.06 bits per heavy atom. The third kappa shape index (κ3) is 3.22. The van der Waals surface area contributed by atoms with Gasteiger partial charge in [0.15, 0.2) is 0 Å². The van der Waals surface area contributed by atoms with Gasteiger partial charge in [0.2, 0.25) is 6.19 Å². The summed E-state index contributed by atoms with van der Waals surface area (Å²) in [6.45, 7) is 2.01. The Morgan fingerprint density at radius 1 is 1.44 bits per heavy atom. The summed E-state index contributed by atoms with van der Waals surface area (Å²) in [5.74, 6) is 0.415. The highest BCUT2D eigenvalue weighted by Crippen LogP contribution is 2.18. The predicted octanol–water partition coefficient (Wildman–Crippen LogP) is 3.45. The zero-order valence-corrected chi connectivity index (χ0v) is 10.6. The van der Waals surface area contributed by atoms with Crippen LogP contribution in [0.2, 0.25) is 5.02 Å². The highest BCUT2D eigenvalue weighted by Gasteiger charge is 2.11.